The van der Waals surface area contributed by atoms with Crippen LogP contribution in [0.4, 0.5) is 0 Å². The average molecular weight is 252 g/mol. The molecule has 16 heavy (non-hydrogen) atoms. The zero-order valence-corrected chi connectivity index (χ0v) is 9.87. The van der Waals surface area contributed by atoms with Gasteiger partial charge in [-0.3, -0.25) is 4.79 Å². The van der Waals surface area contributed by atoms with Crippen molar-refractivity contribution in [3.8, 4) is 0 Å². The molecule has 8 heteroatoms. The van der Waals surface area contributed by atoms with Gasteiger partial charge in [-0.25, -0.2) is 0 Å². The van der Waals surface area contributed by atoms with Crippen molar-refractivity contribution in [3.05, 3.63) is 0 Å². The van der Waals surface area contributed by atoms with Crippen LogP contribution in [0.2, 0.25) is 0 Å². The predicted octanol–water partition coefficient (Wildman–Crippen LogP) is -0.984. The molecule has 1 fully saturated rings. The summed E-state index contributed by atoms with van der Waals surface area (Å²) in [6, 6.07) is -1.08. The average Bonchev–Trinajstić information content (AvgIpc) is 2.27. The summed E-state index contributed by atoms with van der Waals surface area (Å²) in [6.07, 6.45) is 0.207. The van der Waals surface area contributed by atoms with Crippen molar-refractivity contribution in [2.24, 2.45) is 0 Å². The van der Waals surface area contributed by atoms with Crippen LogP contribution < -0.4 is 4.72 Å². The topological polar surface area (TPSA) is 95.9 Å². The molecule has 0 aromatic heterocycles. The quantitative estimate of drug-likeness (QED) is 0.655. The summed E-state index contributed by atoms with van der Waals surface area (Å²) >= 11 is 0. The van der Waals surface area contributed by atoms with Gasteiger partial charge in [0.1, 0.15) is 6.04 Å². The van der Waals surface area contributed by atoms with Crippen LogP contribution in [0, 0.1) is 0 Å². The Bertz CT molecular complexity index is 336. The monoisotopic (exact) mass is 252 g/mol. The summed E-state index contributed by atoms with van der Waals surface area (Å²) in [7, 11) is -3.72. The second kappa shape index (κ2) is 5.58. The number of nitrogens with zero attached hydrogens (tertiary/aromatic N) is 1. The van der Waals surface area contributed by atoms with Crippen molar-refractivity contribution in [1.29, 1.82) is 0 Å². The molecule has 1 saturated heterocycles. The Morgan fingerprint density at radius 3 is 2.50 bits per heavy atom. The fourth-order valence-corrected chi connectivity index (χ4v) is 2.76. The maximum atomic E-state index is 11.8. The van der Waals surface area contributed by atoms with Gasteiger partial charge in [-0.2, -0.15) is 17.4 Å². The predicted molar refractivity (Wildman–Crippen MR) is 56.2 cm³/mol. The number of nitrogens with one attached hydrogen (secondary N) is 1. The highest BCUT2D eigenvalue weighted by Gasteiger charge is 2.28. The number of morpholine rings is 1. The van der Waals surface area contributed by atoms with Crippen molar-refractivity contribution in [1.82, 2.24) is 9.03 Å². The largest absolute Gasteiger partial charge is 0.480 e. The van der Waals surface area contributed by atoms with E-state index in [0.29, 0.717) is 13.2 Å². The molecule has 1 heterocycles. The molecule has 0 aromatic rings. The highest BCUT2D eigenvalue weighted by molar-refractivity contribution is 7.87. The minimum absolute atomic E-state index is 0.207. The van der Waals surface area contributed by atoms with Gasteiger partial charge in [0.05, 0.1) is 13.2 Å². The number of aliphatic carboxylic acids is 1. The maximum absolute atomic E-state index is 11.8. The number of ether oxygens (including phenoxy) is 1. The van der Waals surface area contributed by atoms with Crippen molar-refractivity contribution in [3.63, 3.8) is 0 Å². The molecule has 7 nitrogen and oxygen atoms in total. The van der Waals surface area contributed by atoms with E-state index in [1.54, 1.807) is 6.92 Å². The van der Waals surface area contributed by atoms with Crippen LogP contribution in [0.25, 0.3) is 0 Å². The first-order valence-electron chi connectivity index (χ1n) is 5.05. The van der Waals surface area contributed by atoms with Crippen LogP contribution in [0.3, 0.4) is 0 Å². The first kappa shape index (κ1) is 13.4. The molecule has 0 unspecified atom stereocenters. The first-order chi connectivity index (χ1) is 7.47. The van der Waals surface area contributed by atoms with Gasteiger partial charge in [0.2, 0.25) is 0 Å². The van der Waals surface area contributed by atoms with Gasteiger partial charge in [-0.1, -0.05) is 6.92 Å². The molecule has 1 rings (SSSR count). The lowest BCUT2D eigenvalue weighted by Crippen LogP contribution is -2.51. The first-order valence-corrected chi connectivity index (χ1v) is 6.49. The number of carbonyl (C=O) groups is 1. The van der Waals surface area contributed by atoms with Gasteiger partial charge in [-0.15, -0.1) is 0 Å². The molecule has 0 aromatic carbocycles. The Hall–Kier alpha value is -0.700. The van der Waals surface area contributed by atoms with Crippen molar-refractivity contribution in [2.75, 3.05) is 26.3 Å². The molecule has 0 radical (unpaired) electrons. The van der Waals surface area contributed by atoms with Crippen LogP contribution >= 0.6 is 0 Å². The third-order valence-corrected chi connectivity index (χ3v) is 3.93. The van der Waals surface area contributed by atoms with E-state index in [1.165, 1.54) is 4.31 Å². The Morgan fingerprint density at radius 2 is 2.06 bits per heavy atom. The van der Waals surface area contributed by atoms with Crippen LogP contribution in [0.5, 0.6) is 0 Å². The molecule has 1 atom stereocenters. The second-order valence-corrected chi connectivity index (χ2v) is 5.14. The van der Waals surface area contributed by atoms with Gasteiger partial charge in [0, 0.05) is 13.1 Å². The van der Waals surface area contributed by atoms with Crippen LogP contribution in [-0.4, -0.2) is 56.1 Å². The van der Waals surface area contributed by atoms with Gasteiger partial charge in [0.15, 0.2) is 0 Å². The lowest BCUT2D eigenvalue weighted by Gasteiger charge is -2.27. The lowest BCUT2D eigenvalue weighted by molar-refractivity contribution is -0.139. The van der Waals surface area contributed by atoms with Gasteiger partial charge < -0.3 is 9.84 Å². The summed E-state index contributed by atoms with van der Waals surface area (Å²) in [5.74, 6) is -1.17. The molecular formula is C8H16N2O5S. The van der Waals surface area contributed by atoms with E-state index in [-0.39, 0.29) is 19.5 Å². The molecule has 2 N–H and O–H groups in total. The highest BCUT2D eigenvalue weighted by atomic mass is 32.2. The molecule has 1 aliphatic rings. The molecular weight excluding hydrogens is 236 g/mol. The lowest BCUT2D eigenvalue weighted by atomic mass is 10.2. The third kappa shape index (κ3) is 3.41. The fraction of sp³-hybridized carbons (Fsp3) is 0.875. The normalized spacial score (nSPS) is 20.6. The molecule has 0 amide bonds. The third-order valence-electron chi connectivity index (χ3n) is 2.31. The summed E-state index contributed by atoms with van der Waals surface area (Å²) in [6.45, 7) is 2.80. The standard InChI is InChI=1S/C8H16N2O5S/c1-2-7(8(11)12)9-16(13,14)10-3-5-15-6-4-10/h7,9H,2-6H2,1H3,(H,11,12)/t7-/m0/s1. The minimum Gasteiger partial charge on any atom is -0.480 e. The molecule has 0 spiro atoms. The summed E-state index contributed by atoms with van der Waals surface area (Å²) in [5.41, 5.74) is 0. The Labute approximate surface area is 94.6 Å². The van der Waals surface area contributed by atoms with Crippen LogP contribution in [-0.2, 0) is 19.7 Å². The van der Waals surface area contributed by atoms with Crippen molar-refractivity contribution < 1.29 is 23.1 Å². The van der Waals surface area contributed by atoms with Crippen molar-refractivity contribution in [2.45, 2.75) is 19.4 Å². The molecule has 0 saturated carbocycles. The summed E-state index contributed by atoms with van der Waals surface area (Å²) in [5, 5.41) is 8.76. The van der Waals surface area contributed by atoms with E-state index in [4.69, 9.17) is 9.84 Å². The smallest absolute Gasteiger partial charge is 0.321 e. The number of hydrogen-bond acceptors (Lipinski definition) is 4. The second-order valence-electron chi connectivity index (χ2n) is 3.43. The molecule has 0 bridgehead atoms. The molecule has 94 valence electrons. The Balaban J connectivity index is 2.65. The van der Waals surface area contributed by atoms with Gasteiger partial charge >= 0.3 is 5.97 Å². The van der Waals surface area contributed by atoms with Crippen molar-refractivity contribution >= 4 is 16.2 Å². The highest BCUT2D eigenvalue weighted by Crippen LogP contribution is 2.05. The number of carboxylic acid groups (broad SMARTS) is 1. The Kier molecular flexibility index (Phi) is 4.66. The van der Waals surface area contributed by atoms with E-state index in [0.717, 1.165) is 0 Å². The van der Waals surface area contributed by atoms with Crippen LogP contribution in [0.1, 0.15) is 13.3 Å². The zero-order valence-electron chi connectivity index (χ0n) is 9.05. The Morgan fingerprint density at radius 1 is 1.50 bits per heavy atom. The van der Waals surface area contributed by atoms with E-state index >= 15 is 0 Å². The maximum Gasteiger partial charge on any atom is 0.321 e. The van der Waals surface area contributed by atoms with Gasteiger partial charge in [-0.05, 0) is 6.42 Å². The number of rotatable bonds is 5. The van der Waals surface area contributed by atoms with E-state index in [1.807, 2.05) is 0 Å². The minimum atomic E-state index is -3.72. The SMILES string of the molecule is CC[C@H](NS(=O)(=O)N1CCOCC1)C(=O)O. The van der Waals surface area contributed by atoms with E-state index < -0.39 is 22.2 Å². The summed E-state index contributed by atoms with van der Waals surface area (Å²) in [4.78, 5) is 10.7. The fourth-order valence-electron chi connectivity index (χ4n) is 1.35. The van der Waals surface area contributed by atoms with Crippen LogP contribution in [0.15, 0.2) is 0 Å². The van der Waals surface area contributed by atoms with E-state index in [9.17, 15) is 13.2 Å². The van der Waals surface area contributed by atoms with Gasteiger partial charge in [0.25, 0.3) is 10.2 Å². The molecule has 1 aliphatic heterocycles. The molecule has 0 aliphatic carbocycles. The number of carboxylic acids is 1. The van der Waals surface area contributed by atoms with E-state index in [2.05, 4.69) is 4.72 Å². The summed E-state index contributed by atoms with van der Waals surface area (Å²) < 4.78 is 31.9. The zero-order chi connectivity index (χ0) is 12.2. The number of hydrogen-bond donors (Lipinski definition) is 2.